The Morgan fingerprint density at radius 2 is 1.92 bits per heavy atom. The second-order valence-electron chi connectivity index (χ2n) is 4.06. The average Bonchev–Trinajstić information content (AvgIpc) is 2.01. The summed E-state index contributed by atoms with van der Waals surface area (Å²) in [5, 5.41) is 8.74. The second kappa shape index (κ2) is 2.95. The molecule has 1 heterocycles. The topological polar surface area (TPSA) is 37.3 Å². The predicted octanol–water partition coefficient (Wildman–Crippen LogP) is 1.99. The molecule has 2 aliphatic rings. The summed E-state index contributed by atoms with van der Waals surface area (Å²) in [6, 6.07) is 0. The molecule has 0 amide bonds. The number of hydrogen-bond acceptors (Lipinski definition) is 2. The van der Waals surface area contributed by atoms with Crippen molar-refractivity contribution < 1.29 is 9.90 Å². The molecule has 1 saturated carbocycles. The van der Waals surface area contributed by atoms with Crippen LogP contribution in [-0.4, -0.2) is 22.6 Å². The maximum absolute atomic E-state index is 10.6. The summed E-state index contributed by atoms with van der Waals surface area (Å²) < 4.78 is 0. The summed E-state index contributed by atoms with van der Waals surface area (Å²) in [6.07, 6.45) is 4.40. The van der Waals surface area contributed by atoms with Crippen LogP contribution in [0.1, 0.15) is 25.7 Å². The molecule has 2 rings (SSSR count). The maximum Gasteiger partial charge on any atom is 0.306 e. The highest BCUT2D eigenvalue weighted by atomic mass is 32.2. The minimum absolute atomic E-state index is 0.0203. The average molecular weight is 186 g/mol. The molecule has 12 heavy (non-hydrogen) atoms. The summed E-state index contributed by atoms with van der Waals surface area (Å²) >= 11 is 2.01. The molecule has 0 radical (unpaired) electrons. The van der Waals surface area contributed by atoms with Gasteiger partial charge in [0.15, 0.2) is 0 Å². The largest absolute Gasteiger partial charge is 0.481 e. The molecule has 3 heteroatoms. The van der Waals surface area contributed by atoms with Crippen molar-refractivity contribution in [2.24, 2.45) is 11.3 Å². The Morgan fingerprint density at radius 3 is 2.42 bits per heavy atom. The molecule has 1 saturated heterocycles. The molecule has 0 aromatic heterocycles. The van der Waals surface area contributed by atoms with Crippen molar-refractivity contribution in [3.8, 4) is 0 Å². The second-order valence-corrected chi connectivity index (χ2v) is 5.28. The van der Waals surface area contributed by atoms with Crippen LogP contribution in [0.5, 0.6) is 0 Å². The number of carboxylic acids is 1. The molecule has 2 nitrogen and oxygen atoms in total. The van der Waals surface area contributed by atoms with E-state index in [-0.39, 0.29) is 5.92 Å². The number of thioether (sulfide) groups is 1. The summed E-state index contributed by atoms with van der Waals surface area (Å²) in [5.41, 5.74) is 0.453. The zero-order chi connectivity index (χ0) is 8.60. The van der Waals surface area contributed by atoms with E-state index >= 15 is 0 Å². The molecule has 1 spiro atoms. The van der Waals surface area contributed by atoms with Crippen LogP contribution < -0.4 is 0 Å². The SMILES string of the molecule is O=C(O)C1CC2(CCSCC2)C1. The van der Waals surface area contributed by atoms with Crippen LogP contribution in [-0.2, 0) is 4.79 Å². The van der Waals surface area contributed by atoms with Crippen LogP contribution in [0.2, 0.25) is 0 Å². The lowest BCUT2D eigenvalue weighted by Gasteiger charge is -2.48. The fourth-order valence-corrected chi connectivity index (χ4v) is 3.73. The highest BCUT2D eigenvalue weighted by Crippen LogP contribution is 2.53. The first-order chi connectivity index (χ1) is 5.72. The molecule has 0 aromatic carbocycles. The highest BCUT2D eigenvalue weighted by molar-refractivity contribution is 7.99. The molecule has 68 valence electrons. The van der Waals surface area contributed by atoms with Gasteiger partial charge in [-0.05, 0) is 42.6 Å². The van der Waals surface area contributed by atoms with Crippen molar-refractivity contribution in [3.05, 3.63) is 0 Å². The normalized spacial score (nSPS) is 28.3. The number of rotatable bonds is 1. The third-order valence-corrected chi connectivity index (χ3v) is 4.25. The fraction of sp³-hybridized carbons (Fsp3) is 0.889. The lowest BCUT2D eigenvalue weighted by atomic mass is 9.59. The quantitative estimate of drug-likeness (QED) is 0.680. The lowest BCUT2D eigenvalue weighted by Crippen LogP contribution is -2.43. The minimum Gasteiger partial charge on any atom is -0.481 e. The number of carboxylic acid groups (broad SMARTS) is 1. The van der Waals surface area contributed by atoms with E-state index in [9.17, 15) is 4.79 Å². The molecule has 0 aromatic rings. The van der Waals surface area contributed by atoms with Crippen LogP contribution in [0.3, 0.4) is 0 Å². The first-order valence-electron chi connectivity index (χ1n) is 4.52. The van der Waals surface area contributed by atoms with Gasteiger partial charge in [0.25, 0.3) is 0 Å². The predicted molar refractivity (Wildman–Crippen MR) is 49.4 cm³/mol. The minimum atomic E-state index is -0.584. The van der Waals surface area contributed by atoms with Crippen molar-refractivity contribution in [1.29, 1.82) is 0 Å². The molecule has 1 N–H and O–H groups in total. The molecule has 1 aliphatic carbocycles. The van der Waals surface area contributed by atoms with Gasteiger partial charge < -0.3 is 5.11 Å². The maximum atomic E-state index is 10.6. The molecule has 0 atom stereocenters. The van der Waals surface area contributed by atoms with E-state index in [0.29, 0.717) is 5.41 Å². The van der Waals surface area contributed by atoms with E-state index in [0.717, 1.165) is 12.8 Å². The Kier molecular flexibility index (Phi) is 2.07. The van der Waals surface area contributed by atoms with E-state index in [4.69, 9.17) is 5.11 Å². The van der Waals surface area contributed by atoms with E-state index in [1.807, 2.05) is 11.8 Å². The number of carbonyl (C=O) groups is 1. The Morgan fingerprint density at radius 1 is 1.33 bits per heavy atom. The standard InChI is InChI=1S/C9H14O2S/c10-8(11)7-5-9(6-7)1-3-12-4-2-9/h7H,1-6H2,(H,10,11). The molecule has 0 unspecified atom stereocenters. The van der Waals surface area contributed by atoms with Gasteiger partial charge in [-0.3, -0.25) is 4.79 Å². The molecule has 2 fully saturated rings. The van der Waals surface area contributed by atoms with Gasteiger partial charge in [-0.1, -0.05) is 0 Å². The molecular weight excluding hydrogens is 172 g/mol. The first kappa shape index (κ1) is 8.42. The van der Waals surface area contributed by atoms with Gasteiger partial charge >= 0.3 is 5.97 Å². The monoisotopic (exact) mass is 186 g/mol. The number of aliphatic carboxylic acids is 1. The van der Waals surface area contributed by atoms with Gasteiger partial charge in [-0.15, -0.1) is 0 Å². The molecule has 1 aliphatic heterocycles. The van der Waals surface area contributed by atoms with Crippen LogP contribution in [0.15, 0.2) is 0 Å². The van der Waals surface area contributed by atoms with E-state index in [2.05, 4.69) is 0 Å². The Labute approximate surface area is 76.7 Å². The third kappa shape index (κ3) is 1.35. The van der Waals surface area contributed by atoms with Gasteiger partial charge in [-0.25, -0.2) is 0 Å². The van der Waals surface area contributed by atoms with Gasteiger partial charge in [-0.2, -0.15) is 11.8 Å². The summed E-state index contributed by atoms with van der Waals surface area (Å²) in [4.78, 5) is 10.6. The molecule has 0 bridgehead atoms. The van der Waals surface area contributed by atoms with Gasteiger partial charge in [0.1, 0.15) is 0 Å². The summed E-state index contributed by atoms with van der Waals surface area (Å²) in [5.74, 6) is 1.88. The Hall–Kier alpha value is -0.180. The van der Waals surface area contributed by atoms with Gasteiger partial charge in [0.2, 0.25) is 0 Å². The van der Waals surface area contributed by atoms with Crippen molar-refractivity contribution >= 4 is 17.7 Å². The van der Waals surface area contributed by atoms with Crippen molar-refractivity contribution in [2.45, 2.75) is 25.7 Å². The van der Waals surface area contributed by atoms with Crippen molar-refractivity contribution in [3.63, 3.8) is 0 Å². The van der Waals surface area contributed by atoms with Gasteiger partial charge in [0, 0.05) is 0 Å². The molecular formula is C9H14O2S. The Balaban J connectivity index is 1.88. The highest BCUT2D eigenvalue weighted by Gasteiger charge is 2.47. The lowest BCUT2D eigenvalue weighted by molar-refractivity contribution is -0.150. The van der Waals surface area contributed by atoms with Gasteiger partial charge in [0.05, 0.1) is 5.92 Å². The van der Waals surface area contributed by atoms with Crippen LogP contribution >= 0.6 is 11.8 Å². The van der Waals surface area contributed by atoms with E-state index < -0.39 is 5.97 Å². The smallest absolute Gasteiger partial charge is 0.306 e. The Bertz CT molecular complexity index is 189. The van der Waals surface area contributed by atoms with E-state index in [1.54, 1.807) is 0 Å². The van der Waals surface area contributed by atoms with Crippen LogP contribution in [0.25, 0.3) is 0 Å². The van der Waals surface area contributed by atoms with Crippen molar-refractivity contribution in [1.82, 2.24) is 0 Å². The fourth-order valence-electron chi connectivity index (χ4n) is 2.37. The van der Waals surface area contributed by atoms with Crippen LogP contribution in [0.4, 0.5) is 0 Å². The summed E-state index contributed by atoms with van der Waals surface area (Å²) in [7, 11) is 0. The zero-order valence-corrected chi connectivity index (χ0v) is 7.90. The van der Waals surface area contributed by atoms with E-state index in [1.165, 1.54) is 24.3 Å². The first-order valence-corrected chi connectivity index (χ1v) is 5.68. The zero-order valence-electron chi connectivity index (χ0n) is 7.08. The third-order valence-electron chi connectivity index (χ3n) is 3.26. The van der Waals surface area contributed by atoms with Crippen LogP contribution in [0, 0.1) is 11.3 Å². The van der Waals surface area contributed by atoms with Crippen molar-refractivity contribution in [2.75, 3.05) is 11.5 Å². The number of hydrogen-bond donors (Lipinski definition) is 1. The summed E-state index contributed by atoms with van der Waals surface area (Å²) in [6.45, 7) is 0.